The smallest absolute Gasteiger partial charge is 0.255 e. The minimum atomic E-state index is -0.527. The topological polar surface area (TPSA) is 92.5 Å². The summed E-state index contributed by atoms with van der Waals surface area (Å²) in [5, 5.41) is 1.11. The fraction of sp³-hybridized carbons (Fsp3) is 0.812. The van der Waals surface area contributed by atoms with E-state index in [0.717, 1.165) is 17.9 Å². The highest BCUT2D eigenvalue weighted by molar-refractivity contribution is 6.27. The Balaban J connectivity index is 2.58. The van der Waals surface area contributed by atoms with Gasteiger partial charge in [-0.15, -0.1) is 11.6 Å². The van der Waals surface area contributed by atoms with Crippen LogP contribution in [0.5, 0.6) is 0 Å². The number of hydrogen-bond donors (Lipinski definition) is 2. The maximum Gasteiger partial charge on any atom is 0.255 e. The maximum absolute atomic E-state index is 12.5. The van der Waals surface area contributed by atoms with Gasteiger partial charge in [-0.3, -0.25) is 24.8 Å². The van der Waals surface area contributed by atoms with Gasteiger partial charge >= 0.3 is 0 Å². The highest BCUT2D eigenvalue weighted by Gasteiger charge is 2.25. The van der Waals surface area contributed by atoms with Crippen molar-refractivity contribution in [3.8, 4) is 0 Å². The lowest BCUT2D eigenvalue weighted by molar-refractivity contribution is -0.142. The zero-order valence-corrected chi connectivity index (χ0v) is 14.6. The first-order valence-electron chi connectivity index (χ1n) is 8.43. The van der Waals surface area contributed by atoms with Crippen molar-refractivity contribution >= 4 is 29.3 Å². The number of hydrazine groups is 1. The number of nitrogens with one attached hydrogen (secondary N) is 1. The molecule has 0 aromatic carbocycles. The molecule has 132 valence electrons. The normalized spacial score (nSPS) is 16.6. The van der Waals surface area contributed by atoms with E-state index in [1.165, 1.54) is 32.1 Å². The van der Waals surface area contributed by atoms with Crippen molar-refractivity contribution in [3.63, 3.8) is 0 Å². The quantitative estimate of drug-likeness (QED) is 0.520. The SMILES string of the molecule is CC[C@@H](CC1CCCCC1)C(=O)NN(CCC(N)=O)C(=O)CCl. The van der Waals surface area contributed by atoms with E-state index in [-0.39, 0.29) is 30.7 Å². The monoisotopic (exact) mass is 345 g/mol. The van der Waals surface area contributed by atoms with Gasteiger partial charge in [0.25, 0.3) is 5.91 Å². The predicted molar refractivity (Wildman–Crippen MR) is 89.4 cm³/mol. The number of rotatable bonds is 8. The summed E-state index contributed by atoms with van der Waals surface area (Å²) in [4.78, 5) is 35.1. The van der Waals surface area contributed by atoms with Crippen LogP contribution in [0.3, 0.4) is 0 Å². The van der Waals surface area contributed by atoms with Crippen molar-refractivity contribution in [2.75, 3.05) is 12.4 Å². The molecule has 3 amide bonds. The third kappa shape index (κ3) is 7.20. The van der Waals surface area contributed by atoms with E-state index in [2.05, 4.69) is 5.43 Å². The minimum Gasteiger partial charge on any atom is -0.370 e. The van der Waals surface area contributed by atoms with Gasteiger partial charge in [0.2, 0.25) is 11.8 Å². The molecule has 0 bridgehead atoms. The zero-order valence-electron chi connectivity index (χ0n) is 13.9. The van der Waals surface area contributed by atoms with Crippen molar-refractivity contribution in [2.45, 2.75) is 58.3 Å². The maximum atomic E-state index is 12.5. The summed E-state index contributed by atoms with van der Waals surface area (Å²) >= 11 is 5.56. The van der Waals surface area contributed by atoms with Crippen molar-refractivity contribution in [3.05, 3.63) is 0 Å². The summed E-state index contributed by atoms with van der Waals surface area (Å²) < 4.78 is 0. The van der Waals surface area contributed by atoms with Crippen LogP contribution >= 0.6 is 11.6 Å². The second kappa shape index (κ2) is 10.5. The highest BCUT2D eigenvalue weighted by Crippen LogP contribution is 2.30. The Kier molecular flexibility index (Phi) is 8.99. The van der Waals surface area contributed by atoms with E-state index in [1.807, 2.05) is 6.92 Å². The van der Waals surface area contributed by atoms with Gasteiger partial charge in [0, 0.05) is 12.3 Å². The summed E-state index contributed by atoms with van der Waals surface area (Å²) in [5.41, 5.74) is 7.72. The van der Waals surface area contributed by atoms with Crippen LogP contribution in [0.4, 0.5) is 0 Å². The third-order valence-electron chi connectivity index (χ3n) is 4.45. The number of alkyl halides is 1. The molecule has 6 nitrogen and oxygen atoms in total. The lowest BCUT2D eigenvalue weighted by atomic mass is 9.82. The number of carbonyl (C=O) groups is 3. The molecular weight excluding hydrogens is 318 g/mol. The standard InChI is InChI=1S/C16H28ClN3O3/c1-2-13(10-12-6-4-3-5-7-12)16(23)19-20(15(22)11-17)9-8-14(18)21/h12-13H,2-11H2,1H3,(H2,18,21)(H,19,23)/t13-/m0/s1. The Hall–Kier alpha value is -1.30. The number of amides is 3. The zero-order chi connectivity index (χ0) is 17.2. The Labute approximate surface area is 143 Å². The van der Waals surface area contributed by atoms with Crippen molar-refractivity contribution in [1.29, 1.82) is 0 Å². The van der Waals surface area contributed by atoms with E-state index < -0.39 is 11.8 Å². The number of nitrogens with two attached hydrogens (primary N) is 1. The molecule has 0 radical (unpaired) electrons. The first kappa shape index (κ1) is 19.7. The molecule has 1 atom stereocenters. The molecule has 0 spiro atoms. The van der Waals surface area contributed by atoms with Gasteiger partial charge in [-0.25, -0.2) is 0 Å². The summed E-state index contributed by atoms with van der Waals surface area (Å²) in [6.45, 7) is 2.02. The molecule has 0 saturated heterocycles. The Morgan fingerprint density at radius 1 is 1.26 bits per heavy atom. The summed E-state index contributed by atoms with van der Waals surface area (Å²) in [6, 6.07) is 0. The molecule has 7 heteroatoms. The molecule has 1 aliphatic rings. The Morgan fingerprint density at radius 3 is 2.43 bits per heavy atom. The molecule has 0 aliphatic heterocycles. The van der Waals surface area contributed by atoms with Gasteiger partial charge in [0.1, 0.15) is 5.88 Å². The number of halogens is 1. The van der Waals surface area contributed by atoms with Crippen molar-refractivity contribution in [2.24, 2.45) is 17.6 Å². The average Bonchev–Trinajstić information content (AvgIpc) is 2.56. The lowest BCUT2D eigenvalue weighted by Gasteiger charge is -2.28. The van der Waals surface area contributed by atoms with E-state index >= 15 is 0 Å². The summed E-state index contributed by atoms with van der Waals surface area (Å²) in [7, 11) is 0. The molecule has 0 unspecified atom stereocenters. The minimum absolute atomic E-state index is 0.0116. The van der Waals surface area contributed by atoms with Crippen molar-refractivity contribution < 1.29 is 14.4 Å². The molecule has 0 heterocycles. The van der Waals surface area contributed by atoms with Crippen LogP contribution in [-0.4, -0.2) is 35.2 Å². The fourth-order valence-electron chi connectivity index (χ4n) is 3.05. The van der Waals surface area contributed by atoms with Crippen molar-refractivity contribution in [1.82, 2.24) is 10.4 Å². The van der Waals surface area contributed by atoms with Gasteiger partial charge in [-0.1, -0.05) is 39.0 Å². The van der Waals surface area contributed by atoms with Gasteiger partial charge in [-0.2, -0.15) is 0 Å². The number of nitrogens with zero attached hydrogens (tertiary/aromatic N) is 1. The first-order chi connectivity index (χ1) is 11.0. The Bertz CT molecular complexity index is 411. The van der Waals surface area contributed by atoms with E-state index in [9.17, 15) is 14.4 Å². The second-order valence-electron chi connectivity index (χ2n) is 6.22. The molecule has 23 heavy (non-hydrogen) atoms. The van der Waals surface area contributed by atoms with E-state index in [1.54, 1.807) is 0 Å². The average molecular weight is 346 g/mol. The highest BCUT2D eigenvalue weighted by atomic mass is 35.5. The van der Waals surface area contributed by atoms with Crippen LogP contribution in [0.25, 0.3) is 0 Å². The molecular formula is C16H28ClN3O3. The number of hydrogen-bond acceptors (Lipinski definition) is 3. The molecule has 0 aromatic heterocycles. The summed E-state index contributed by atoms with van der Waals surface area (Å²) in [6.07, 6.45) is 7.66. The molecule has 1 aliphatic carbocycles. The van der Waals surface area contributed by atoms with E-state index in [4.69, 9.17) is 17.3 Å². The van der Waals surface area contributed by atoms with Crippen LogP contribution < -0.4 is 11.2 Å². The van der Waals surface area contributed by atoms with Crippen LogP contribution in [-0.2, 0) is 14.4 Å². The fourth-order valence-corrected chi connectivity index (χ4v) is 3.19. The van der Waals surface area contributed by atoms with Crippen LogP contribution in [0, 0.1) is 11.8 Å². The molecule has 1 rings (SSSR count). The van der Waals surface area contributed by atoms with Gasteiger partial charge in [-0.05, 0) is 18.8 Å². The molecule has 0 aromatic rings. The predicted octanol–water partition coefficient (Wildman–Crippen LogP) is 1.96. The summed E-state index contributed by atoms with van der Waals surface area (Å²) in [5.74, 6) is -0.937. The van der Waals surface area contributed by atoms with E-state index in [0.29, 0.717) is 5.92 Å². The molecule has 1 fully saturated rings. The largest absolute Gasteiger partial charge is 0.370 e. The van der Waals surface area contributed by atoms with Crippen LogP contribution in [0.15, 0.2) is 0 Å². The third-order valence-corrected chi connectivity index (χ3v) is 4.68. The van der Waals surface area contributed by atoms with Gasteiger partial charge in [0.05, 0.1) is 6.54 Å². The van der Waals surface area contributed by atoms with Crippen LogP contribution in [0.1, 0.15) is 58.3 Å². The Morgan fingerprint density at radius 2 is 1.91 bits per heavy atom. The lowest BCUT2D eigenvalue weighted by Crippen LogP contribution is -2.50. The molecule has 1 saturated carbocycles. The second-order valence-corrected chi connectivity index (χ2v) is 6.48. The van der Waals surface area contributed by atoms with Crippen LogP contribution in [0.2, 0.25) is 0 Å². The van der Waals surface area contributed by atoms with Gasteiger partial charge < -0.3 is 5.73 Å². The number of primary amides is 1. The molecule has 3 N–H and O–H groups in total. The van der Waals surface area contributed by atoms with Gasteiger partial charge in [0.15, 0.2) is 0 Å². The number of carbonyl (C=O) groups excluding carboxylic acids is 3. The first-order valence-corrected chi connectivity index (χ1v) is 8.96.